The summed E-state index contributed by atoms with van der Waals surface area (Å²) in [6.45, 7) is 2.12. The summed E-state index contributed by atoms with van der Waals surface area (Å²) < 4.78 is 70.0. The summed E-state index contributed by atoms with van der Waals surface area (Å²) in [7, 11) is 0. The Morgan fingerprint density at radius 2 is 1.44 bits per heavy atom. The van der Waals surface area contributed by atoms with Gasteiger partial charge in [0.1, 0.15) is 11.6 Å². The maximum Gasteiger partial charge on any atom is 0.194 e. The Bertz CT molecular complexity index is 1170. The minimum absolute atomic E-state index is 0.000938. The van der Waals surface area contributed by atoms with Crippen LogP contribution in [0.3, 0.4) is 0 Å². The highest BCUT2D eigenvalue weighted by molar-refractivity contribution is 5.73. The van der Waals surface area contributed by atoms with Crippen molar-refractivity contribution in [3.63, 3.8) is 0 Å². The third-order valence-corrected chi connectivity index (χ3v) is 5.98. The third kappa shape index (κ3) is 4.47. The summed E-state index contributed by atoms with van der Waals surface area (Å²) in [5.41, 5.74) is 3.65. The number of unbranched alkanes of at least 4 members (excludes halogenated alkanes) is 2. The van der Waals surface area contributed by atoms with Crippen LogP contribution in [0.25, 0.3) is 16.7 Å². The number of rotatable bonds is 6. The highest BCUT2D eigenvalue weighted by Crippen LogP contribution is 2.34. The molecule has 0 saturated heterocycles. The first-order chi connectivity index (χ1) is 15.4. The predicted octanol–water partition coefficient (Wildman–Crippen LogP) is 7.96. The van der Waals surface area contributed by atoms with E-state index in [1.165, 1.54) is 12.1 Å². The van der Waals surface area contributed by atoms with Gasteiger partial charge in [0.25, 0.3) is 0 Å². The molecule has 32 heavy (non-hydrogen) atoms. The number of benzene rings is 3. The van der Waals surface area contributed by atoms with Gasteiger partial charge in [-0.2, -0.15) is 0 Å². The Balaban J connectivity index is 1.59. The molecule has 0 radical (unpaired) electrons. The lowest BCUT2D eigenvalue weighted by atomic mass is 9.85. The molecule has 1 aliphatic rings. The van der Waals surface area contributed by atoms with Crippen LogP contribution in [0.2, 0.25) is 0 Å². The van der Waals surface area contributed by atoms with Crippen molar-refractivity contribution in [1.29, 1.82) is 0 Å². The molecule has 3 aromatic carbocycles. The second-order valence-electron chi connectivity index (χ2n) is 8.24. The summed E-state index contributed by atoms with van der Waals surface area (Å²) in [4.78, 5) is 0. The van der Waals surface area contributed by atoms with Gasteiger partial charge in [-0.15, -0.1) is 0 Å². The van der Waals surface area contributed by atoms with Crippen LogP contribution in [-0.2, 0) is 19.3 Å². The highest BCUT2D eigenvalue weighted by Gasteiger charge is 2.20. The zero-order valence-electron chi connectivity index (χ0n) is 17.8. The highest BCUT2D eigenvalue weighted by atomic mass is 19.2. The van der Waals surface area contributed by atoms with Crippen LogP contribution in [0.1, 0.15) is 48.4 Å². The maximum atomic E-state index is 14.8. The second-order valence-corrected chi connectivity index (χ2v) is 8.24. The van der Waals surface area contributed by atoms with E-state index in [0.29, 0.717) is 24.0 Å². The number of aryl methyl sites for hydroxylation is 1. The molecule has 5 heteroatoms. The molecule has 0 fully saturated rings. The van der Waals surface area contributed by atoms with Crippen LogP contribution in [0.15, 0.2) is 48.5 Å². The molecule has 166 valence electrons. The molecule has 0 heterocycles. The number of hydrogen-bond donors (Lipinski definition) is 0. The van der Waals surface area contributed by atoms with E-state index in [9.17, 15) is 22.0 Å². The summed E-state index contributed by atoms with van der Waals surface area (Å²) in [6, 6.07) is 9.69. The van der Waals surface area contributed by atoms with Crippen molar-refractivity contribution in [2.24, 2.45) is 0 Å². The number of allylic oxidation sites excluding steroid dienone is 2. The van der Waals surface area contributed by atoms with Crippen molar-refractivity contribution < 1.29 is 22.0 Å². The molecule has 3 aromatic rings. The van der Waals surface area contributed by atoms with E-state index in [4.69, 9.17) is 0 Å². The van der Waals surface area contributed by atoms with Crippen LogP contribution >= 0.6 is 0 Å². The van der Waals surface area contributed by atoms with Crippen LogP contribution in [0.5, 0.6) is 0 Å². The molecule has 0 spiro atoms. The maximum absolute atomic E-state index is 14.8. The van der Waals surface area contributed by atoms with Crippen LogP contribution in [-0.4, -0.2) is 0 Å². The Labute approximate surface area is 184 Å². The van der Waals surface area contributed by atoms with Crippen LogP contribution in [0, 0.1) is 29.1 Å². The number of halogens is 5. The molecule has 0 aliphatic heterocycles. The molecular weight excluding hydrogens is 419 g/mol. The summed E-state index contributed by atoms with van der Waals surface area (Å²) >= 11 is 0. The van der Waals surface area contributed by atoms with Gasteiger partial charge in [-0.05, 0) is 83.8 Å². The molecule has 0 amide bonds. The Morgan fingerprint density at radius 3 is 2.12 bits per heavy atom. The van der Waals surface area contributed by atoms with E-state index >= 15 is 0 Å². The minimum Gasteiger partial charge on any atom is -0.206 e. The molecule has 0 atom stereocenters. The summed E-state index contributed by atoms with van der Waals surface area (Å²) in [5, 5.41) is 0. The average Bonchev–Trinajstić information content (AvgIpc) is 2.76. The van der Waals surface area contributed by atoms with Gasteiger partial charge in [0.15, 0.2) is 17.5 Å². The van der Waals surface area contributed by atoms with Gasteiger partial charge in [-0.25, -0.2) is 22.0 Å². The first-order valence-electron chi connectivity index (χ1n) is 10.8. The largest absolute Gasteiger partial charge is 0.206 e. The van der Waals surface area contributed by atoms with Crippen molar-refractivity contribution in [1.82, 2.24) is 0 Å². The minimum atomic E-state index is -1.59. The van der Waals surface area contributed by atoms with E-state index in [1.54, 1.807) is 12.1 Å². The Kier molecular flexibility index (Phi) is 6.45. The molecule has 0 bridgehead atoms. The third-order valence-electron chi connectivity index (χ3n) is 5.98. The lowest BCUT2D eigenvalue weighted by molar-refractivity contribution is 0.447. The van der Waals surface area contributed by atoms with Gasteiger partial charge in [-0.3, -0.25) is 0 Å². The first-order valence-corrected chi connectivity index (χ1v) is 10.8. The van der Waals surface area contributed by atoms with Crippen molar-refractivity contribution in [2.75, 3.05) is 0 Å². The van der Waals surface area contributed by atoms with E-state index in [2.05, 4.69) is 6.92 Å². The van der Waals surface area contributed by atoms with Crippen LogP contribution < -0.4 is 0 Å². The zero-order valence-corrected chi connectivity index (χ0v) is 17.8. The van der Waals surface area contributed by atoms with E-state index in [0.717, 1.165) is 54.5 Å². The number of fused-ring (bicyclic) bond motifs is 1. The molecule has 0 N–H and O–H groups in total. The van der Waals surface area contributed by atoms with Crippen molar-refractivity contribution in [3.8, 4) is 11.1 Å². The van der Waals surface area contributed by atoms with E-state index < -0.39 is 23.3 Å². The molecule has 0 unspecified atom stereocenters. The Hall–Kier alpha value is -2.95. The average molecular weight is 442 g/mol. The quantitative estimate of drug-likeness (QED) is 0.206. The summed E-state index contributed by atoms with van der Waals surface area (Å²) in [6.07, 6.45) is 6.75. The molecule has 0 aromatic heterocycles. The molecular formula is C27H23F5. The fraction of sp³-hybridized carbons (Fsp3) is 0.259. The monoisotopic (exact) mass is 442 g/mol. The van der Waals surface area contributed by atoms with Gasteiger partial charge in [0.05, 0.1) is 0 Å². The second kappa shape index (κ2) is 9.27. The van der Waals surface area contributed by atoms with Gasteiger partial charge >= 0.3 is 0 Å². The van der Waals surface area contributed by atoms with Crippen molar-refractivity contribution in [2.45, 2.75) is 45.4 Å². The molecule has 0 nitrogen and oxygen atoms in total. The van der Waals surface area contributed by atoms with Gasteiger partial charge in [0, 0.05) is 11.1 Å². The zero-order chi connectivity index (χ0) is 22.8. The fourth-order valence-corrected chi connectivity index (χ4v) is 4.22. The Morgan fingerprint density at radius 1 is 0.719 bits per heavy atom. The van der Waals surface area contributed by atoms with Crippen LogP contribution in [0.4, 0.5) is 22.0 Å². The SMILES string of the molecule is CCCCCc1ccc(C2=CCc3cc(-c4cc(F)c(F)c(F)c4)c(F)cc3C2)c(F)c1. The fourth-order valence-electron chi connectivity index (χ4n) is 4.22. The lowest BCUT2D eigenvalue weighted by Gasteiger charge is -2.20. The molecule has 4 rings (SSSR count). The predicted molar refractivity (Wildman–Crippen MR) is 117 cm³/mol. The molecule has 1 aliphatic carbocycles. The lowest BCUT2D eigenvalue weighted by Crippen LogP contribution is -2.06. The van der Waals surface area contributed by atoms with Gasteiger partial charge in [0.2, 0.25) is 0 Å². The van der Waals surface area contributed by atoms with Crippen molar-refractivity contribution >= 4 is 5.57 Å². The summed E-state index contributed by atoms with van der Waals surface area (Å²) in [5.74, 6) is -5.27. The van der Waals surface area contributed by atoms with E-state index in [1.807, 2.05) is 12.1 Å². The molecule has 0 saturated carbocycles. The number of hydrogen-bond acceptors (Lipinski definition) is 0. The standard InChI is InChI=1S/C27H23F5/c1-2-3-4-5-16-6-9-21(23(28)10-16)18-8-7-17-12-22(24(29)13-19(17)11-18)20-14-25(30)27(32)26(31)15-20/h6,8-10,12-15H,2-5,7,11H2,1H3. The van der Waals surface area contributed by atoms with Crippen molar-refractivity contribution in [3.05, 3.63) is 99.9 Å². The first kappa shape index (κ1) is 22.3. The smallest absolute Gasteiger partial charge is 0.194 e. The van der Waals surface area contributed by atoms with Gasteiger partial charge < -0.3 is 0 Å². The van der Waals surface area contributed by atoms with Gasteiger partial charge in [-0.1, -0.05) is 38.0 Å². The van der Waals surface area contributed by atoms with E-state index in [-0.39, 0.29) is 16.9 Å². The topological polar surface area (TPSA) is 0 Å². The normalized spacial score (nSPS) is 13.1.